The highest BCUT2D eigenvalue weighted by atomic mass is 32.2. The van der Waals surface area contributed by atoms with Crippen LogP contribution in [0.1, 0.15) is 68.9 Å². The van der Waals surface area contributed by atoms with E-state index in [2.05, 4.69) is 4.99 Å². The van der Waals surface area contributed by atoms with E-state index in [1.54, 1.807) is 5.01 Å². The van der Waals surface area contributed by atoms with Crippen LogP contribution in [0.5, 0.6) is 0 Å². The molecule has 1 saturated heterocycles. The van der Waals surface area contributed by atoms with Crippen molar-refractivity contribution in [2.45, 2.75) is 63.8 Å². The van der Waals surface area contributed by atoms with Gasteiger partial charge in [-0.1, -0.05) is 55.7 Å². The normalized spacial score (nSPS) is 20.6. The number of benzene rings is 1. The molecule has 198 valence electrons. The van der Waals surface area contributed by atoms with Gasteiger partial charge in [-0.15, -0.1) is 4.41 Å². The van der Waals surface area contributed by atoms with Crippen molar-refractivity contribution in [2.75, 3.05) is 26.2 Å². The zero-order valence-corrected chi connectivity index (χ0v) is 22.4. The van der Waals surface area contributed by atoms with E-state index in [4.69, 9.17) is 23.7 Å². The fourth-order valence-corrected chi connectivity index (χ4v) is 7.71. The number of nitrogens with two attached hydrogens (primary N) is 2. The van der Waals surface area contributed by atoms with Gasteiger partial charge in [0.15, 0.2) is 5.96 Å². The van der Waals surface area contributed by atoms with E-state index in [1.165, 1.54) is 0 Å². The fourth-order valence-electron chi connectivity index (χ4n) is 5.15. The van der Waals surface area contributed by atoms with Crippen LogP contribution in [0.3, 0.4) is 0 Å². The van der Waals surface area contributed by atoms with Gasteiger partial charge in [-0.05, 0) is 43.7 Å². The number of unbranched alkanes of at least 4 members (excludes halogenated alkanes) is 3. The molecule has 9 nitrogen and oxygen atoms in total. The number of thiocarbonyl (C=S) groups is 1. The van der Waals surface area contributed by atoms with Crippen LogP contribution in [0.4, 0.5) is 0 Å². The van der Waals surface area contributed by atoms with Gasteiger partial charge in [0.1, 0.15) is 11.2 Å². The van der Waals surface area contributed by atoms with Crippen molar-refractivity contribution in [3.8, 4) is 0 Å². The summed E-state index contributed by atoms with van der Waals surface area (Å²) >= 11 is 5.84. The molecule has 0 aromatic heterocycles. The summed E-state index contributed by atoms with van der Waals surface area (Å²) in [6.07, 6.45) is 6.57. The molecule has 1 aliphatic heterocycles. The molecule has 0 amide bonds. The van der Waals surface area contributed by atoms with Crippen molar-refractivity contribution in [3.63, 3.8) is 0 Å². The van der Waals surface area contributed by atoms with Gasteiger partial charge in [0.2, 0.25) is 0 Å². The number of aliphatic hydroxyl groups is 1. The number of hydrogen-bond donors (Lipinski definition) is 3. The van der Waals surface area contributed by atoms with Crippen LogP contribution in [-0.2, 0) is 14.8 Å². The molecular weight excluding hydrogens is 498 g/mol. The molecular formula is C25H37N5O4S2. The molecule has 3 rings (SSSR count). The Morgan fingerprint density at radius 1 is 1.25 bits per heavy atom. The van der Waals surface area contributed by atoms with Crippen LogP contribution in [0, 0.1) is 0 Å². The van der Waals surface area contributed by atoms with Gasteiger partial charge in [0, 0.05) is 35.5 Å². The van der Waals surface area contributed by atoms with Gasteiger partial charge in [-0.2, -0.15) is 0 Å². The summed E-state index contributed by atoms with van der Waals surface area (Å²) in [6.45, 7) is 2.32. The number of rotatable bonds is 13. The molecule has 2 atom stereocenters. The minimum Gasteiger partial charge on any atom is -0.392 e. The molecule has 5 N–H and O–H groups in total. The first kappa shape index (κ1) is 28.4. The first-order valence-electron chi connectivity index (χ1n) is 12.5. The highest BCUT2D eigenvalue weighted by molar-refractivity contribution is 7.96. The third kappa shape index (κ3) is 6.20. The predicted molar refractivity (Wildman–Crippen MR) is 147 cm³/mol. The highest BCUT2D eigenvalue weighted by Crippen LogP contribution is 2.42. The number of aldehydes is 1. The van der Waals surface area contributed by atoms with Crippen molar-refractivity contribution in [3.05, 3.63) is 40.3 Å². The zero-order chi connectivity index (χ0) is 26.3. The van der Waals surface area contributed by atoms with Gasteiger partial charge >= 0.3 is 0 Å². The minimum atomic E-state index is -4.17. The summed E-state index contributed by atoms with van der Waals surface area (Å²) in [7, 11) is -4.17. The Morgan fingerprint density at radius 2 is 1.97 bits per heavy atom. The number of hydrogen-bond acceptors (Lipinski definition) is 7. The second-order valence-electron chi connectivity index (χ2n) is 9.31. The SMILES string of the molecule is CC1CCCN1N(CC=O)S(=O)(=O)C1=C(CO)c2ccccc2C(CCCCCCN=C(N)N)C1=S. The highest BCUT2D eigenvalue weighted by Gasteiger charge is 2.43. The Morgan fingerprint density at radius 3 is 2.61 bits per heavy atom. The number of hydrazine groups is 1. The predicted octanol–water partition coefficient (Wildman–Crippen LogP) is 2.31. The fraction of sp³-hybridized carbons (Fsp3) is 0.560. The molecule has 36 heavy (non-hydrogen) atoms. The molecule has 1 fully saturated rings. The van der Waals surface area contributed by atoms with E-state index >= 15 is 0 Å². The number of guanidine groups is 1. The van der Waals surface area contributed by atoms with Crippen LogP contribution < -0.4 is 11.5 Å². The number of aliphatic hydroxyl groups excluding tert-OH is 1. The van der Waals surface area contributed by atoms with E-state index in [1.807, 2.05) is 31.2 Å². The monoisotopic (exact) mass is 535 g/mol. The molecule has 11 heteroatoms. The quantitative estimate of drug-likeness (QED) is 0.115. The summed E-state index contributed by atoms with van der Waals surface area (Å²) in [6, 6.07) is 7.51. The number of carbonyl (C=O) groups excluding carboxylic acids is 1. The van der Waals surface area contributed by atoms with Crippen LogP contribution in [0.2, 0.25) is 0 Å². The van der Waals surface area contributed by atoms with Crippen LogP contribution in [0.25, 0.3) is 5.57 Å². The lowest BCUT2D eigenvalue weighted by molar-refractivity contribution is -0.110. The van der Waals surface area contributed by atoms with E-state index in [-0.39, 0.29) is 29.4 Å². The first-order chi connectivity index (χ1) is 17.2. The summed E-state index contributed by atoms with van der Waals surface area (Å²) in [4.78, 5) is 15.8. The standard InChI is InChI=1S/C25H37N5O4S2/c1-18-9-8-14-29(18)30(15-16-31)36(33,34)24-22(17-32)20-11-6-5-10-19(20)21(23(24)35)12-4-2-3-7-13-28-25(26)27/h5-6,10-11,16,18,21,32H,2-4,7-9,12-15,17H2,1H3,(H4,26,27,28). The molecule has 2 aliphatic rings. The number of carbonyl (C=O) groups is 1. The average molecular weight is 536 g/mol. The molecule has 0 bridgehead atoms. The second kappa shape index (κ2) is 12.9. The third-order valence-electron chi connectivity index (χ3n) is 6.90. The van der Waals surface area contributed by atoms with Crippen molar-refractivity contribution in [1.29, 1.82) is 0 Å². The number of aliphatic imine (C=N–C) groups is 1. The van der Waals surface area contributed by atoms with Gasteiger partial charge in [-0.25, -0.2) is 13.4 Å². The Bertz CT molecular complexity index is 1120. The summed E-state index contributed by atoms with van der Waals surface area (Å²) in [5.41, 5.74) is 12.7. The van der Waals surface area contributed by atoms with E-state index < -0.39 is 16.6 Å². The maximum Gasteiger partial charge on any atom is 0.257 e. The molecule has 1 aromatic rings. The zero-order valence-electron chi connectivity index (χ0n) is 20.8. The van der Waals surface area contributed by atoms with Crippen molar-refractivity contribution in [1.82, 2.24) is 9.42 Å². The molecule has 1 aliphatic carbocycles. The van der Waals surface area contributed by atoms with E-state index in [0.717, 1.165) is 48.5 Å². The lowest BCUT2D eigenvalue weighted by atomic mass is 9.80. The average Bonchev–Trinajstić information content (AvgIpc) is 3.27. The molecule has 2 unspecified atom stereocenters. The largest absolute Gasteiger partial charge is 0.392 e. The van der Waals surface area contributed by atoms with Gasteiger partial charge in [-0.3, -0.25) is 4.99 Å². The first-order valence-corrected chi connectivity index (χ1v) is 14.3. The Labute approximate surface area is 219 Å². The van der Waals surface area contributed by atoms with Crippen LogP contribution in [0.15, 0.2) is 34.2 Å². The maximum atomic E-state index is 14.1. The smallest absolute Gasteiger partial charge is 0.257 e. The van der Waals surface area contributed by atoms with Crippen molar-refractivity contribution >= 4 is 44.9 Å². The Balaban J connectivity index is 1.91. The Kier molecular flexibility index (Phi) is 10.1. The minimum absolute atomic E-state index is 0.0166. The number of sulfonamides is 1. The van der Waals surface area contributed by atoms with Crippen LogP contribution in [-0.4, -0.2) is 72.3 Å². The molecule has 0 saturated carbocycles. The van der Waals surface area contributed by atoms with Gasteiger partial charge in [0.25, 0.3) is 10.0 Å². The van der Waals surface area contributed by atoms with Gasteiger partial charge in [0.05, 0.1) is 13.2 Å². The van der Waals surface area contributed by atoms with Crippen LogP contribution >= 0.6 is 12.2 Å². The molecule has 1 aromatic carbocycles. The van der Waals surface area contributed by atoms with Crippen molar-refractivity contribution < 1.29 is 18.3 Å². The molecule has 0 spiro atoms. The number of fused-ring (bicyclic) bond motifs is 1. The van der Waals surface area contributed by atoms with E-state index in [9.17, 15) is 18.3 Å². The maximum absolute atomic E-state index is 14.1. The third-order valence-corrected chi connectivity index (χ3v) is 9.41. The summed E-state index contributed by atoms with van der Waals surface area (Å²) in [5, 5.41) is 12.1. The van der Waals surface area contributed by atoms with Crippen molar-refractivity contribution in [2.24, 2.45) is 16.5 Å². The molecule has 0 radical (unpaired) electrons. The topological polar surface area (TPSA) is 142 Å². The summed E-state index contributed by atoms with van der Waals surface area (Å²) in [5.74, 6) is -0.186. The lowest BCUT2D eigenvalue weighted by Gasteiger charge is -2.36. The number of nitrogens with zero attached hydrogens (tertiary/aromatic N) is 3. The van der Waals surface area contributed by atoms with Gasteiger partial charge < -0.3 is 21.4 Å². The summed E-state index contributed by atoms with van der Waals surface area (Å²) < 4.78 is 29.3. The Hall–Kier alpha value is -2.18. The number of allylic oxidation sites excluding steroid dienone is 1. The van der Waals surface area contributed by atoms with E-state index in [0.29, 0.717) is 41.8 Å². The molecule has 1 heterocycles. The lowest BCUT2D eigenvalue weighted by Crippen LogP contribution is -2.50. The second-order valence-corrected chi connectivity index (χ2v) is 11.5.